The molecule has 0 unspecified atom stereocenters. The Morgan fingerprint density at radius 3 is 2.75 bits per heavy atom. The van der Waals surface area contributed by atoms with Gasteiger partial charge in [-0.3, -0.25) is 9.48 Å². The van der Waals surface area contributed by atoms with Crippen molar-refractivity contribution in [3.8, 4) is 0 Å². The van der Waals surface area contributed by atoms with Gasteiger partial charge in [0.05, 0.1) is 11.9 Å². The van der Waals surface area contributed by atoms with Crippen LogP contribution in [0.5, 0.6) is 0 Å². The monoisotopic (exact) mass is 327 g/mol. The molecule has 0 spiro atoms. The van der Waals surface area contributed by atoms with Crippen LogP contribution in [0, 0.1) is 0 Å². The van der Waals surface area contributed by atoms with E-state index in [0.29, 0.717) is 25.2 Å². The maximum absolute atomic E-state index is 12.8. The highest BCUT2D eigenvalue weighted by atomic mass is 16.2. The third kappa shape index (κ3) is 3.10. The van der Waals surface area contributed by atoms with E-state index in [4.69, 9.17) is 0 Å². The molecule has 1 N–H and O–H groups in total. The summed E-state index contributed by atoms with van der Waals surface area (Å²) in [6.45, 7) is 2.95. The number of aromatic nitrogens is 2. The minimum Gasteiger partial charge on any atom is -0.313 e. The maximum Gasteiger partial charge on any atom is 0.322 e. The maximum atomic E-state index is 12.8. The largest absolute Gasteiger partial charge is 0.322 e. The number of carbonyl (C=O) groups is 2. The Morgan fingerprint density at radius 2 is 2.12 bits per heavy atom. The number of likely N-dealkylation sites (N-methyl/N-ethyl adjacent to an activating group) is 1. The zero-order valence-corrected chi connectivity index (χ0v) is 13.8. The van der Waals surface area contributed by atoms with E-state index >= 15 is 0 Å². The fourth-order valence-corrected chi connectivity index (χ4v) is 3.00. The number of para-hydroxylation sites is 1. The number of amides is 3. The van der Waals surface area contributed by atoms with Crippen LogP contribution < -0.4 is 10.2 Å². The molecule has 1 fully saturated rings. The molecule has 24 heavy (non-hydrogen) atoms. The van der Waals surface area contributed by atoms with Crippen molar-refractivity contribution < 1.29 is 9.59 Å². The van der Waals surface area contributed by atoms with Crippen molar-refractivity contribution >= 4 is 23.3 Å². The molecule has 0 saturated carbocycles. The summed E-state index contributed by atoms with van der Waals surface area (Å²) in [6.07, 6.45) is 3.93. The minimum absolute atomic E-state index is 0.0376. The van der Waals surface area contributed by atoms with Crippen LogP contribution in [0.3, 0.4) is 0 Å². The van der Waals surface area contributed by atoms with Crippen LogP contribution in [0.25, 0.3) is 0 Å². The van der Waals surface area contributed by atoms with E-state index in [-0.39, 0.29) is 11.9 Å². The summed E-state index contributed by atoms with van der Waals surface area (Å²) in [7, 11) is 1.78. The molecular weight excluding hydrogens is 306 g/mol. The van der Waals surface area contributed by atoms with Gasteiger partial charge in [-0.1, -0.05) is 18.2 Å². The molecule has 2 heterocycles. The van der Waals surface area contributed by atoms with E-state index in [1.165, 1.54) is 0 Å². The summed E-state index contributed by atoms with van der Waals surface area (Å²) in [5.41, 5.74) is 1.49. The van der Waals surface area contributed by atoms with Crippen LogP contribution in [0.1, 0.15) is 13.3 Å². The van der Waals surface area contributed by atoms with Gasteiger partial charge in [0.1, 0.15) is 6.04 Å². The number of benzene rings is 1. The summed E-state index contributed by atoms with van der Waals surface area (Å²) in [5, 5.41) is 6.83. The summed E-state index contributed by atoms with van der Waals surface area (Å²) < 4.78 is 1.61. The molecule has 0 radical (unpaired) electrons. The Morgan fingerprint density at radius 1 is 1.38 bits per heavy atom. The molecule has 1 aromatic heterocycles. The summed E-state index contributed by atoms with van der Waals surface area (Å²) in [5.74, 6) is -0.0376. The Kier molecular flexibility index (Phi) is 4.50. The molecule has 0 bridgehead atoms. The SMILES string of the molecule is CCN(C(=O)Nc1cnn(C)c1)[C@H]1CCN(c2ccccc2)C1=O. The molecule has 1 aliphatic rings. The van der Waals surface area contributed by atoms with E-state index in [9.17, 15) is 9.59 Å². The van der Waals surface area contributed by atoms with Crippen molar-refractivity contribution in [3.05, 3.63) is 42.7 Å². The second kappa shape index (κ2) is 6.74. The highest BCUT2D eigenvalue weighted by Gasteiger charge is 2.38. The molecule has 1 aliphatic heterocycles. The predicted molar refractivity (Wildman–Crippen MR) is 91.8 cm³/mol. The smallest absolute Gasteiger partial charge is 0.313 e. The fraction of sp³-hybridized carbons (Fsp3) is 0.353. The zero-order valence-electron chi connectivity index (χ0n) is 13.8. The topological polar surface area (TPSA) is 70.5 Å². The van der Waals surface area contributed by atoms with Gasteiger partial charge in [0.15, 0.2) is 0 Å². The van der Waals surface area contributed by atoms with Gasteiger partial charge in [-0.05, 0) is 25.5 Å². The molecule has 3 rings (SSSR count). The first-order valence-corrected chi connectivity index (χ1v) is 8.03. The van der Waals surface area contributed by atoms with E-state index in [0.717, 1.165) is 5.69 Å². The molecule has 2 aromatic rings. The van der Waals surface area contributed by atoms with Gasteiger partial charge in [0, 0.05) is 32.0 Å². The quantitative estimate of drug-likeness (QED) is 0.934. The third-order valence-electron chi connectivity index (χ3n) is 4.18. The normalized spacial score (nSPS) is 17.2. The molecule has 7 heteroatoms. The van der Waals surface area contributed by atoms with Gasteiger partial charge in [0.2, 0.25) is 5.91 Å². The number of anilines is 2. The van der Waals surface area contributed by atoms with Crippen LogP contribution in [-0.2, 0) is 11.8 Å². The molecule has 1 saturated heterocycles. The zero-order chi connectivity index (χ0) is 17.1. The molecule has 0 aliphatic carbocycles. The molecule has 3 amide bonds. The number of carbonyl (C=O) groups excluding carboxylic acids is 2. The van der Waals surface area contributed by atoms with Crippen LogP contribution in [0.15, 0.2) is 42.7 Å². The van der Waals surface area contributed by atoms with Crippen molar-refractivity contribution in [3.63, 3.8) is 0 Å². The third-order valence-corrected chi connectivity index (χ3v) is 4.18. The number of urea groups is 1. The fourth-order valence-electron chi connectivity index (χ4n) is 3.00. The highest BCUT2D eigenvalue weighted by molar-refractivity contribution is 6.02. The number of aryl methyl sites for hydroxylation is 1. The highest BCUT2D eigenvalue weighted by Crippen LogP contribution is 2.24. The van der Waals surface area contributed by atoms with Crippen molar-refractivity contribution in [2.24, 2.45) is 7.05 Å². The van der Waals surface area contributed by atoms with E-state index in [2.05, 4.69) is 10.4 Å². The predicted octanol–water partition coefficient (Wildman–Crippen LogP) is 2.08. The molecule has 126 valence electrons. The summed E-state index contributed by atoms with van der Waals surface area (Å²) in [4.78, 5) is 28.6. The lowest BCUT2D eigenvalue weighted by molar-refractivity contribution is -0.120. The second-order valence-electron chi connectivity index (χ2n) is 5.75. The average Bonchev–Trinajstić information content (AvgIpc) is 3.16. The van der Waals surface area contributed by atoms with E-state index < -0.39 is 6.04 Å². The molecule has 1 aromatic carbocycles. The number of nitrogens with zero attached hydrogens (tertiary/aromatic N) is 4. The van der Waals surface area contributed by atoms with Gasteiger partial charge in [-0.25, -0.2) is 4.79 Å². The van der Waals surface area contributed by atoms with Crippen LogP contribution in [0.4, 0.5) is 16.2 Å². The van der Waals surface area contributed by atoms with Crippen molar-refractivity contribution in [1.29, 1.82) is 0 Å². The van der Waals surface area contributed by atoms with Crippen LogP contribution >= 0.6 is 0 Å². The molecular formula is C17H21N5O2. The van der Waals surface area contributed by atoms with Gasteiger partial charge in [0.25, 0.3) is 0 Å². The molecule has 7 nitrogen and oxygen atoms in total. The number of nitrogens with one attached hydrogen (secondary N) is 1. The first-order valence-electron chi connectivity index (χ1n) is 8.03. The number of rotatable bonds is 4. The van der Waals surface area contributed by atoms with Crippen molar-refractivity contribution in [1.82, 2.24) is 14.7 Å². The first kappa shape index (κ1) is 16.0. The standard InChI is InChI=1S/C17H21N5O2/c1-3-21(17(24)19-13-11-18-20(2)12-13)15-9-10-22(16(15)23)14-7-5-4-6-8-14/h4-8,11-12,15H,3,9-10H2,1-2H3,(H,19,24)/t15-/m0/s1. The molecule has 1 atom stereocenters. The van der Waals surface area contributed by atoms with Crippen molar-refractivity contribution in [2.45, 2.75) is 19.4 Å². The Hall–Kier alpha value is -2.83. The number of hydrogen-bond donors (Lipinski definition) is 1. The first-order chi connectivity index (χ1) is 11.6. The van der Waals surface area contributed by atoms with Crippen LogP contribution in [-0.4, -0.2) is 45.8 Å². The van der Waals surface area contributed by atoms with Gasteiger partial charge in [-0.2, -0.15) is 5.10 Å². The van der Waals surface area contributed by atoms with Gasteiger partial charge >= 0.3 is 6.03 Å². The van der Waals surface area contributed by atoms with Gasteiger partial charge < -0.3 is 15.1 Å². The van der Waals surface area contributed by atoms with Gasteiger partial charge in [-0.15, -0.1) is 0 Å². The Bertz CT molecular complexity index is 728. The minimum atomic E-state index is -0.438. The van der Waals surface area contributed by atoms with Crippen molar-refractivity contribution in [2.75, 3.05) is 23.3 Å². The lowest BCUT2D eigenvalue weighted by Crippen LogP contribution is -2.47. The second-order valence-corrected chi connectivity index (χ2v) is 5.75. The Labute approximate surface area is 140 Å². The lowest BCUT2D eigenvalue weighted by Gasteiger charge is -2.26. The van der Waals surface area contributed by atoms with Crippen LogP contribution in [0.2, 0.25) is 0 Å². The summed E-state index contributed by atoms with van der Waals surface area (Å²) in [6, 6.07) is 8.83. The van der Waals surface area contributed by atoms with E-state index in [1.54, 1.807) is 33.9 Å². The lowest BCUT2D eigenvalue weighted by atomic mass is 10.2. The summed E-state index contributed by atoms with van der Waals surface area (Å²) >= 11 is 0. The number of hydrogen-bond acceptors (Lipinski definition) is 3. The van der Waals surface area contributed by atoms with E-state index in [1.807, 2.05) is 37.3 Å². The Balaban J connectivity index is 1.72. The average molecular weight is 327 g/mol.